The number of aryl methyl sites for hydroxylation is 3. The van der Waals surface area contributed by atoms with E-state index >= 15 is 0 Å². The molecule has 3 heteroatoms. The maximum Gasteiger partial charge on any atom is 0.0541 e. The van der Waals surface area contributed by atoms with Crippen LogP contribution >= 0.6 is 11.3 Å². The molecule has 2 nitrogen and oxygen atoms in total. The van der Waals surface area contributed by atoms with Crippen LogP contribution in [0.25, 0.3) is 71.3 Å². The molecular formula is C75H80N2S. The molecule has 0 aliphatic heterocycles. The van der Waals surface area contributed by atoms with Gasteiger partial charge in [0.15, 0.2) is 0 Å². The van der Waals surface area contributed by atoms with E-state index in [9.17, 15) is 0 Å². The molecule has 0 fully saturated rings. The third kappa shape index (κ3) is 11.5. The summed E-state index contributed by atoms with van der Waals surface area (Å²) in [5, 5.41) is 2.54. The number of unbranched alkanes of at least 4 members (excludes halogenated alkanes) is 15. The van der Waals surface area contributed by atoms with Crippen LogP contribution in [-0.4, -0.2) is 4.57 Å². The van der Waals surface area contributed by atoms with E-state index in [4.69, 9.17) is 0 Å². The number of thiophene rings is 1. The largest absolute Gasteiger partial charge is 0.310 e. The molecule has 10 aromatic rings. The summed E-state index contributed by atoms with van der Waals surface area (Å²) < 4.78 is 2.49. The van der Waals surface area contributed by atoms with Gasteiger partial charge in [0.25, 0.3) is 0 Å². The van der Waals surface area contributed by atoms with E-state index in [1.165, 1.54) is 208 Å². The molecule has 2 aromatic heterocycles. The highest BCUT2D eigenvalue weighted by Crippen LogP contribution is 2.51. The van der Waals surface area contributed by atoms with Crippen molar-refractivity contribution in [1.82, 2.24) is 4.57 Å². The first-order chi connectivity index (χ1) is 38.2. The summed E-state index contributed by atoms with van der Waals surface area (Å²) in [7, 11) is 0. The minimum absolute atomic E-state index is 0.101. The van der Waals surface area contributed by atoms with Crippen molar-refractivity contribution in [1.29, 1.82) is 0 Å². The van der Waals surface area contributed by atoms with Gasteiger partial charge >= 0.3 is 0 Å². The second-order valence-corrected chi connectivity index (χ2v) is 24.3. The Bertz CT molecular complexity index is 3610. The van der Waals surface area contributed by atoms with Gasteiger partial charge in [-0.25, -0.2) is 0 Å². The molecule has 11 rings (SSSR count). The molecule has 2 heterocycles. The molecule has 1 aliphatic rings. The van der Waals surface area contributed by atoms with Gasteiger partial charge in [0.05, 0.1) is 11.0 Å². The lowest BCUT2D eigenvalue weighted by Crippen LogP contribution is -2.16. The average Bonchev–Trinajstić information content (AvgIpc) is 4.16. The fraction of sp³-hybridized carbons (Fsp3) is 0.307. The van der Waals surface area contributed by atoms with Gasteiger partial charge in [-0.15, -0.1) is 11.3 Å². The zero-order valence-electron chi connectivity index (χ0n) is 47.2. The Hall–Kier alpha value is -6.94. The highest BCUT2D eigenvalue weighted by Gasteiger charge is 2.35. The number of para-hydroxylation sites is 1. The van der Waals surface area contributed by atoms with Crippen molar-refractivity contribution in [2.75, 3.05) is 4.90 Å². The number of aromatic nitrogens is 1. The Kier molecular flexibility index (Phi) is 16.6. The van der Waals surface area contributed by atoms with Crippen molar-refractivity contribution < 1.29 is 0 Å². The van der Waals surface area contributed by atoms with Crippen molar-refractivity contribution in [3.63, 3.8) is 0 Å². The minimum Gasteiger partial charge on any atom is -0.310 e. The maximum absolute atomic E-state index is 2.50. The zero-order chi connectivity index (χ0) is 53.4. The van der Waals surface area contributed by atoms with Crippen LogP contribution in [0, 0.1) is 13.8 Å². The van der Waals surface area contributed by atoms with Crippen LogP contribution in [0.1, 0.15) is 151 Å². The summed E-state index contributed by atoms with van der Waals surface area (Å²) in [4.78, 5) is 5.27. The Morgan fingerprint density at radius 2 is 0.949 bits per heavy atom. The topological polar surface area (TPSA) is 8.17 Å². The SMILES string of the molecule is CCCCCCCCCCCCCCCCCCc1cc(-c2cc(C)cc(-n3c4ccccc4c4cc(-c5ccc(N(c6ccc(-c7ccccc7)cc6)c6ccc7c(c6)C(C)(C)c6ccccc6-7)cc5)ccc43)c2)sc1C. The van der Waals surface area contributed by atoms with Crippen molar-refractivity contribution >= 4 is 50.2 Å². The number of benzene rings is 8. The highest BCUT2D eigenvalue weighted by atomic mass is 32.1. The molecule has 0 amide bonds. The molecule has 78 heavy (non-hydrogen) atoms. The van der Waals surface area contributed by atoms with E-state index in [-0.39, 0.29) is 5.41 Å². The fourth-order valence-electron chi connectivity index (χ4n) is 12.8. The molecule has 8 aromatic carbocycles. The number of nitrogens with zero attached hydrogens (tertiary/aromatic N) is 2. The van der Waals surface area contributed by atoms with Crippen LogP contribution in [0.4, 0.5) is 17.1 Å². The van der Waals surface area contributed by atoms with Gasteiger partial charge in [-0.3, -0.25) is 0 Å². The summed E-state index contributed by atoms with van der Waals surface area (Å²) in [5.74, 6) is 0. The second-order valence-electron chi connectivity index (χ2n) is 23.1. The molecule has 0 saturated heterocycles. The fourth-order valence-corrected chi connectivity index (χ4v) is 13.8. The quantitative estimate of drug-likeness (QED) is 0.0548. The van der Waals surface area contributed by atoms with Crippen LogP contribution in [0.3, 0.4) is 0 Å². The van der Waals surface area contributed by atoms with Crippen molar-refractivity contribution in [2.24, 2.45) is 0 Å². The van der Waals surface area contributed by atoms with Gasteiger partial charge < -0.3 is 9.47 Å². The predicted octanol–water partition coefficient (Wildman–Crippen LogP) is 23.0. The lowest BCUT2D eigenvalue weighted by atomic mass is 9.82. The normalized spacial score (nSPS) is 12.6. The number of rotatable bonds is 24. The Morgan fingerprint density at radius 3 is 1.63 bits per heavy atom. The van der Waals surface area contributed by atoms with E-state index in [0.29, 0.717) is 0 Å². The standard InChI is InChI=1S/C75H80N2S/c1-6-7-8-9-10-11-12-13-14-15-16-17-18-19-20-22-31-59-52-74(78-55(59)3)61-48-54(2)49-65(50-61)77-72-35-28-26-33-68(72)69-51-60(40-47-73(69)77)58-38-43-63(44-39-58)76(62-41-36-57(37-42-62)56-29-23-21-24-30-56)64-45-46-67-66-32-25-27-34-70(66)75(4,5)71(67)53-64/h21,23-30,32-53H,6-20,22,31H2,1-5H3. The molecule has 0 atom stereocenters. The Labute approximate surface area is 470 Å². The van der Waals surface area contributed by atoms with Gasteiger partial charge in [-0.2, -0.15) is 0 Å². The van der Waals surface area contributed by atoms with Gasteiger partial charge in [0.1, 0.15) is 0 Å². The first-order valence-corrected chi connectivity index (χ1v) is 30.6. The molecule has 0 bridgehead atoms. The van der Waals surface area contributed by atoms with E-state index in [2.05, 4.69) is 232 Å². The number of hydrogen-bond acceptors (Lipinski definition) is 2. The first kappa shape index (κ1) is 53.1. The lowest BCUT2D eigenvalue weighted by Gasteiger charge is -2.28. The molecule has 0 unspecified atom stereocenters. The zero-order valence-corrected chi connectivity index (χ0v) is 48.0. The van der Waals surface area contributed by atoms with E-state index < -0.39 is 0 Å². The van der Waals surface area contributed by atoms with Crippen LogP contribution < -0.4 is 4.90 Å². The van der Waals surface area contributed by atoms with E-state index in [1.54, 1.807) is 0 Å². The lowest BCUT2D eigenvalue weighted by molar-refractivity contribution is 0.529. The van der Waals surface area contributed by atoms with Gasteiger partial charge in [-0.05, 0) is 161 Å². The van der Waals surface area contributed by atoms with Gasteiger partial charge in [-0.1, -0.05) is 232 Å². The van der Waals surface area contributed by atoms with Crippen LogP contribution in [0.15, 0.2) is 188 Å². The Balaban J connectivity index is 0.800. The molecule has 0 radical (unpaired) electrons. The Morgan fingerprint density at radius 1 is 0.410 bits per heavy atom. The molecule has 396 valence electrons. The molecule has 0 spiro atoms. The molecular weight excluding hydrogens is 961 g/mol. The smallest absolute Gasteiger partial charge is 0.0541 e. The number of anilines is 3. The van der Waals surface area contributed by atoms with E-state index in [1.807, 2.05) is 11.3 Å². The summed E-state index contributed by atoms with van der Waals surface area (Å²) >= 11 is 1.97. The van der Waals surface area contributed by atoms with Crippen molar-refractivity contribution in [3.05, 3.63) is 215 Å². The maximum atomic E-state index is 2.50. The van der Waals surface area contributed by atoms with Crippen LogP contribution in [-0.2, 0) is 11.8 Å². The summed E-state index contributed by atoms with van der Waals surface area (Å²) in [6, 6.07) is 70.6. The summed E-state index contributed by atoms with van der Waals surface area (Å²) in [5.41, 5.74) is 21.4. The molecule has 0 N–H and O–H groups in total. The van der Waals surface area contributed by atoms with Crippen LogP contribution in [0.5, 0.6) is 0 Å². The monoisotopic (exact) mass is 1040 g/mol. The minimum atomic E-state index is -0.101. The van der Waals surface area contributed by atoms with Crippen LogP contribution in [0.2, 0.25) is 0 Å². The van der Waals surface area contributed by atoms with Crippen molar-refractivity contribution in [3.8, 4) is 49.5 Å². The highest BCUT2D eigenvalue weighted by molar-refractivity contribution is 7.15. The third-order valence-corrected chi connectivity index (χ3v) is 18.3. The average molecular weight is 1040 g/mol. The first-order valence-electron chi connectivity index (χ1n) is 29.8. The number of fused-ring (bicyclic) bond motifs is 6. The van der Waals surface area contributed by atoms with Gasteiger partial charge in [0, 0.05) is 48.7 Å². The predicted molar refractivity (Wildman–Crippen MR) is 340 cm³/mol. The summed E-state index contributed by atoms with van der Waals surface area (Å²) in [6.07, 6.45) is 23.7. The molecule has 0 saturated carbocycles. The molecule has 1 aliphatic carbocycles. The van der Waals surface area contributed by atoms with Gasteiger partial charge in [0.2, 0.25) is 0 Å². The van der Waals surface area contributed by atoms with E-state index in [0.717, 1.165) is 17.1 Å². The second kappa shape index (κ2) is 24.4. The number of hydrogen-bond donors (Lipinski definition) is 0. The summed E-state index contributed by atoms with van der Waals surface area (Å²) in [6.45, 7) is 11.6. The third-order valence-electron chi connectivity index (χ3n) is 17.1. The van der Waals surface area contributed by atoms with Crippen molar-refractivity contribution in [2.45, 2.75) is 149 Å².